The largest absolute Gasteiger partial charge is 0.336 e. The minimum absolute atomic E-state index is 0.0306. The molecule has 0 aliphatic carbocycles. The predicted octanol–water partition coefficient (Wildman–Crippen LogP) is 1.91. The van der Waals surface area contributed by atoms with Gasteiger partial charge in [0.2, 0.25) is 10.0 Å². The third-order valence-electron chi connectivity index (χ3n) is 2.71. The number of nitrogens with one attached hydrogen (secondary N) is 1. The van der Waals surface area contributed by atoms with E-state index in [-0.39, 0.29) is 5.69 Å². The van der Waals surface area contributed by atoms with Crippen molar-refractivity contribution in [1.82, 2.24) is 0 Å². The number of thiocarbonyl (C=S) groups is 1. The Morgan fingerprint density at radius 2 is 2.17 bits per heavy atom. The van der Waals surface area contributed by atoms with Crippen molar-refractivity contribution in [2.75, 3.05) is 22.4 Å². The van der Waals surface area contributed by atoms with Gasteiger partial charge in [-0.25, -0.2) is 12.8 Å². The molecule has 2 rings (SSSR count). The van der Waals surface area contributed by atoms with E-state index in [0.29, 0.717) is 13.0 Å². The second-order valence-corrected chi connectivity index (χ2v) is 6.37. The van der Waals surface area contributed by atoms with Crippen molar-refractivity contribution in [2.45, 2.75) is 13.3 Å². The number of fused-ring (bicyclic) bond motifs is 1. The molecule has 18 heavy (non-hydrogen) atoms. The van der Waals surface area contributed by atoms with Crippen molar-refractivity contribution in [1.29, 1.82) is 0 Å². The van der Waals surface area contributed by atoms with Gasteiger partial charge in [0.15, 0.2) is 0 Å². The van der Waals surface area contributed by atoms with E-state index in [9.17, 15) is 12.8 Å². The Balaban J connectivity index is 2.46. The monoisotopic (exact) mass is 288 g/mol. The van der Waals surface area contributed by atoms with E-state index in [2.05, 4.69) is 4.72 Å². The number of anilines is 2. The van der Waals surface area contributed by atoms with Gasteiger partial charge in [0, 0.05) is 24.7 Å². The molecule has 98 valence electrons. The fraction of sp³-hybridized carbons (Fsp3) is 0.364. The summed E-state index contributed by atoms with van der Waals surface area (Å²) < 4.78 is 38.2. The zero-order valence-electron chi connectivity index (χ0n) is 10.0. The van der Waals surface area contributed by atoms with Crippen LogP contribution in [0.2, 0.25) is 0 Å². The van der Waals surface area contributed by atoms with Crippen LogP contribution in [0.15, 0.2) is 12.1 Å². The molecule has 0 unspecified atom stereocenters. The van der Waals surface area contributed by atoms with Crippen LogP contribution in [0.1, 0.15) is 12.5 Å². The minimum Gasteiger partial charge on any atom is -0.336 e. The molecule has 0 bridgehead atoms. The van der Waals surface area contributed by atoms with Crippen molar-refractivity contribution in [2.24, 2.45) is 0 Å². The Morgan fingerprint density at radius 1 is 1.50 bits per heavy atom. The molecule has 0 fully saturated rings. The molecular weight excluding hydrogens is 275 g/mol. The predicted molar refractivity (Wildman–Crippen MR) is 74.2 cm³/mol. The Bertz CT molecular complexity index is 614. The zero-order valence-corrected chi connectivity index (χ0v) is 11.7. The topological polar surface area (TPSA) is 49.4 Å². The lowest BCUT2D eigenvalue weighted by atomic mass is 10.1. The number of hydrogen-bond donors (Lipinski definition) is 1. The molecule has 0 saturated heterocycles. The van der Waals surface area contributed by atoms with E-state index in [1.54, 1.807) is 0 Å². The zero-order chi connectivity index (χ0) is 13.5. The molecule has 4 nitrogen and oxygen atoms in total. The van der Waals surface area contributed by atoms with Gasteiger partial charge in [-0.05, 0) is 18.6 Å². The molecular formula is C11H13FN2O2S2. The van der Waals surface area contributed by atoms with Crippen LogP contribution < -0.4 is 9.62 Å². The highest BCUT2D eigenvalue weighted by Gasteiger charge is 2.25. The van der Waals surface area contributed by atoms with Gasteiger partial charge in [-0.2, -0.15) is 0 Å². The lowest BCUT2D eigenvalue weighted by molar-refractivity contribution is 0.603. The van der Waals surface area contributed by atoms with Gasteiger partial charge < -0.3 is 4.90 Å². The lowest BCUT2D eigenvalue weighted by Gasteiger charge is -2.17. The van der Waals surface area contributed by atoms with Crippen LogP contribution in [0.3, 0.4) is 0 Å². The molecule has 0 amide bonds. The molecule has 1 aliphatic heterocycles. The highest BCUT2D eigenvalue weighted by atomic mass is 32.2. The van der Waals surface area contributed by atoms with Crippen LogP contribution in [0.4, 0.5) is 15.8 Å². The molecule has 1 heterocycles. The van der Waals surface area contributed by atoms with Gasteiger partial charge in [-0.1, -0.05) is 12.2 Å². The number of sulfonamides is 1. The molecule has 0 atom stereocenters. The van der Waals surface area contributed by atoms with E-state index in [1.165, 1.54) is 12.1 Å². The van der Waals surface area contributed by atoms with Gasteiger partial charge >= 0.3 is 0 Å². The van der Waals surface area contributed by atoms with Crippen molar-refractivity contribution >= 4 is 38.6 Å². The van der Waals surface area contributed by atoms with Crippen LogP contribution >= 0.6 is 12.2 Å². The van der Waals surface area contributed by atoms with Gasteiger partial charge in [0.05, 0.1) is 16.9 Å². The first kappa shape index (κ1) is 13.2. The van der Waals surface area contributed by atoms with Crippen LogP contribution in [0.25, 0.3) is 0 Å². The first-order chi connectivity index (χ1) is 8.31. The number of rotatable bonds is 3. The van der Waals surface area contributed by atoms with Crippen molar-refractivity contribution in [3.05, 3.63) is 23.5 Å². The molecule has 1 aromatic rings. The van der Waals surface area contributed by atoms with Gasteiger partial charge in [-0.3, -0.25) is 4.72 Å². The van der Waals surface area contributed by atoms with E-state index < -0.39 is 15.8 Å². The van der Waals surface area contributed by atoms with Crippen molar-refractivity contribution < 1.29 is 12.8 Å². The second kappa shape index (κ2) is 4.47. The van der Waals surface area contributed by atoms with Crippen LogP contribution in [0.5, 0.6) is 0 Å². The quantitative estimate of drug-likeness (QED) is 0.863. The number of benzene rings is 1. The average molecular weight is 288 g/mol. The Hall–Kier alpha value is -1.21. The van der Waals surface area contributed by atoms with Crippen LogP contribution in [0, 0.1) is 5.82 Å². The number of nitrogens with zero attached hydrogens (tertiary/aromatic N) is 1. The molecule has 0 radical (unpaired) electrons. The van der Waals surface area contributed by atoms with Crippen molar-refractivity contribution in [3.63, 3.8) is 0 Å². The third-order valence-corrected chi connectivity index (χ3v) is 3.67. The van der Waals surface area contributed by atoms with Gasteiger partial charge in [-0.15, -0.1) is 0 Å². The normalized spacial score (nSPS) is 14.8. The molecule has 7 heteroatoms. The summed E-state index contributed by atoms with van der Waals surface area (Å²) in [6.45, 7) is 2.60. The Kier molecular flexibility index (Phi) is 3.29. The fourth-order valence-corrected chi connectivity index (χ4v) is 2.96. The van der Waals surface area contributed by atoms with E-state index in [0.717, 1.165) is 22.5 Å². The summed E-state index contributed by atoms with van der Waals surface area (Å²) in [5.41, 5.74) is 1.53. The highest BCUT2D eigenvalue weighted by molar-refractivity contribution is 7.92. The Labute approximate surface area is 111 Å². The minimum atomic E-state index is -3.49. The lowest BCUT2D eigenvalue weighted by Crippen LogP contribution is -2.24. The Morgan fingerprint density at radius 3 is 2.72 bits per heavy atom. The maximum Gasteiger partial charge on any atom is 0.229 e. The maximum atomic E-state index is 13.8. The summed E-state index contributed by atoms with van der Waals surface area (Å²) in [4.78, 5) is 2.57. The molecule has 1 N–H and O–H groups in total. The van der Waals surface area contributed by atoms with Crippen molar-refractivity contribution in [3.8, 4) is 0 Å². The third kappa shape index (κ3) is 2.46. The summed E-state index contributed by atoms with van der Waals surface area (Å²) in [5, 5.41) is 0. The SMILES string of the molecule is CCN1C(=S)Cc2cc(NS(C)(=O)=O)c(F)cc21. The van der Waals surface area contributed by atoms with E-state index >= 15 is 0 Å². The van der Waals surface area contributed by atoms with E-state index in [4.69, 9.17) is 12.2 Å². The van der Waals surface area contributed by atoms with Crippen LogP contribution in [-0.4, -0.2) is 26.2 Å². The second-order valence-electron chi connectivity index (χ2n) is 4.15. The molecule has 0 spiro atoms. The highest BCUT2D eigenvalue weighted by Crippen LogP contribution is 2.33. The number of halogens is 1. The van der Waals surface area contributed by atoms with Gasteiger partial charge in [0.1, 0.15) is 5.82 Å². The van der Waals surface area contributed by atoms with Gasteiger partial charge in [0.25, 0.3) is 0 Å². The smallest absolute Gasteiger partial charge is 0.229 e. The first-order valence-corrected chi connectivity index (χ1v) is 7.72. The molecule has 0 saturated carbocycles. The molecule has 1 aliphatic rings. The fourth-order valence-electron chi connectivity index (χ4n) is 2.02. The average Bonchev–Trinajstić information content (AvgIpc) is 2.51. The van der Waals surface area contributed by atoms with Crippen LogP contribution in [-0.2, 0) is 16.4 Å². The summed E-state index contributed by atoms with van der Waals surface area (Å²) in [6.07, 6.45) is 1.53. The molecule has 0 aromatic heterocycles. The summed E-state index contributed by atoms with van der Waals surface area (Å²) in [5.74, 6) is -0.595. The standard InChI is InChI=1S/C11H13FN2O2S2/c1-3-14-10-6-8(12)9(13-18(2,15)16)4-7(10)5-11(14)17/h4,6,13H,3,5H2,1-2H3. The van der Waals surface area contributed by atoms with E-state index in [1.807, 2.05) is 11.8 Å². The first-order valence-electron chi connectivity index (χ1n) is 5.42. The summed E-state index contributed by atoms with van der Waals surface area (Å²) in [7, 11) is -3.49. The molecule has 1 aromatic carbocycles. The summed E-state index contributed by atoms with van der Waals surface area (Å²) >= 11 is 5.21. The summed E-state index contributed by atoms with van der Waals surface area (Å²) in [6, 6.07) is 2.83. The number of hydrogen-bond acceptors (Lipinski definition) is 3. The number of likely N-dealkylation sites (N-methyl/N-ethyl adjacent to an activating group) is 1. The maximum absolute atomic E-state index is 13.8.